The first-order valence-electron chi connectivity index (χ1n) is 4.54. The number of aliphatic hydroxyl groups is 1. The van der Waals surface area contributed by atoms with Crippen molar-refractivity contribution in [3.8, 4) is 0 Å². The molecule has 0 radical (unpaired) electrons. The van der Waals surface area contributed by atoms with E-state index in [-0.39, 0.29) is 5.56 Å². The predicted molar refractivity (Wildman–Crippen MR) is 59.3 cm³/mol. The molecule has 2 rings (SSSR count). The van der Waals surface area contributed by atoms with Gasteiger partial charge in [-0.2, -0.15) is 0 Å². The molecule has 0 saturated carbocycles. The number of carbonyl (C=O) groups is 1. The van der Waals surface area contributed by atoms with Crippen LogP contribution in [0.3, 0.4) is 0 Å². The highest BCUT2D eigenvalue weighted by Crippen LogP contribution is 2.06. The van der Waals surface area contributed by atoms with E-state index >= 15 is 0 Å². The van der Waals surface area contributed by atoms with Gasteiger partial charge in [0, 0.05) is 11.6 Å². The third-order valence-corrected chi connectivity index (χ3v) is 1.77. The number of fused-ring (bicyclic) bond motifs is 1. The summed E-state index contributed by atoms with van der Waals surface area (Å²) in [5.74, 6) is -1.19. The lowest BCUT2D eigenvalue weighted by atomic mass is 10.2. The van der Waals surface area contributed by atoms with E-state index in [4.69, 9.17) is 15.0 Å². The van der Waals surface area contributed by atoms with Crippen LogP contribution >= 0.6 is 0 Å². The summed E-state index contributed by atoms with van der Waals surface area (Å²) in [6.45, 7) is -0.778. The van der Waals surface area contributed by atoms with Crippen molar-refractivity contribution in [2.45, 2.75) is 0 Å². The third kappa shape index (κ3) is 3.55. The minimum atomic E-state index is -1.19. The number of hydrogen-bond donors (Lipinski definition) is 3. The van der Waals surface area contributed by atoms with Crippen LogP contribution in [-0.4, -0.2) is 27.8 Å². The Morgan fingerprint density at radius 2 is 1.81 bits per heavy atom. The number of aromatic nitrogens is 1. The first kappa shape index (κ1) is 11.9. The monoisotopic (exact) mass is 221 g/mol. The Morgan fingerprint density at radius 3 is 2.44 bits per heavy atom. The zero-order valence-corrected chi connectivity index (χ0v) is 8.38. The molecule has 5 heteroatoms. The lowest BCUT2D eigenvalue weighted by Crippen LogP contribution is -2.01. The van der Waals surface area contributed by atoms with Crippen molar-refractivity contribution in [2.24, 2.45) is 0 Å². The normalized spacial score (nSPS) is 9.31. The summed E-state index contributed by atoms with van der Waals surface area (Å²) in [6, 6.07) is 11.0. The number of aliphatic hydroxyl groups excluding tert-OH is 1. The van der Waals surface area contributed by atoms with Crippen molar-refractivity contribution in [2.75, 3.05) is 6.61 Å². The van der Waals surface area contributed by atoms with Crippen molar-refractivity contribution < 1.29 is 15.0 Å². The maximum Gasteiger partial charge on any atom is 0.329 e. The number of hydrogen-bond acceptors (Lipinski definition) is 3. The predicted octanol–water partition coefficient (Wildman–Crippen LogP) is 0.591. The molecule has 0 aliphatic rings. The fraction of sp³-hybridized carbons (Fsp3) is 0.0909. The minimum Gasteiger partial charge on any atom is -0.480 e. The fourth-order valence-electron chi connectivity index (χ4n) is 1.10. The molecule has 1 aromatic heterocycles. The Balaban J connectivity index is 0.000000221. The summed E-state index contributed by atoms with van der Waals surface area (Å²) in [5.41, 5.74) is 0.837. The molecular formula is C11H11NO4. The molecule has 0 aliphatic heterocycles. The Kier molecular flexibility index (Phi) is 4.23. The van der Waals surface area contributed by atoms with Gasteiger partial charge in [0.25, 0.3) is 0 Å². The fourth-order valence-corrected chi connectivity index (χ4v) is 1.10. The highest BCUT2D eigenvalue weighted by atomic mass is 16.4. The number of aliphatic carboxylic acids is 1. The number of benzene rings is 1. The van der Waals surface area contributed by atoms with Gasteiger partial charge in [-0.15, -0.1) is 0 Å². The van der Waals surface area contributed by atoms with Crippen LogP contribution in [-0.2, 0) is 4.79 Å². The van der Waals surface area contributed by atoms with Crippen LogP contribution < -0.4 is 5.56 Å². The number of carboxylic acids is 1. The molecule has 16 heavy (non-hydrogen) atoms. The van der Waals surface area contributed by atoms with E-state index in [0.29, 0.717) is 0 Å². The molecule has 0 fully saturated rings. The average Bonchev–Trinajstić information content (AvgIpc) is 2.29. The zero-order valence-electron chi connectivity index (χ0n) is 8.38. The van der Waals surface area contributed by atoms with Crippen LogP contribution in [0.4, 0.5) is 0 Å². The number of H-pyrrole nitrogens is 1. The van der Waals surface area contributed by atoms with Crippen LogP contribution in [0.2, 0.25) is 0 Å². The van der Waals surface area contributed by atoms with E-state index in [1.54, 1.807) is 0 Å². The molecule has 5 nitrogen and oxygen atoms in total. The lowest BCUT2D eigenvalue weighted by molar-refractivity contribution is -0.140. The van der Waals surface area contributed by atoms with Gasteiger partial charge in [-0.3, -0.25) is 4.79 Å². The van der Waals surface area contributed by atoms with Gasteiger partial charge in [-0.05, 0) is 17.5 Å². The summed E-state index contributed by atoms with van der Waals surface area (Å²) < 4.78 is 0. The molecular weight excluding hydrogens is 210 g/mol. The van der Waals surface area contributed by atoms with Gasteiger partial charge in [-0.25, -0.2) is 4.79 Å². The third-order valence-electron chi connectivity index (χ3n) is 1.77. The molecule has 0 atom stereocenters. The Hall–Kier alpha value is -2.14. The molecule has 84 valence electrons. The van der Waals surface area contributed by atoms with Crippen molar-refractivity contribution in [3.05, 3.63) is 46.8 Å². The minimum absolute atomic E-state index is 0.0521. The number of carboxylic acid groups (broad SMARTS) is 1. The number of rotatable bonds is 1. The molecule has 0 saturated heterocycles. The second-order valence-electron chi connectivity index (χ2n) is 2.96. The van der Waals surface area contributed by atoms with E-state index in [1.165, 1.54) is 6.07 Å². The summed E-state index contributed by atoms with van der Waals surface area (Å²) in [4.78, 5) is 22.7. The summed E-state index contributed by atoms with van der Waals surface area (Å²) >= 11 is 0. The number of nitrogens with one attached hydrogen (secondary N) is 1. The van der Waals surface area contributed by atoms with Crippen molar-refractivity contribution in [3.63, 3.8) is 0 Å². The molecule has 1 aromatic carbocycles. The van der Waals surface area contributed by atoms with E-state index in [0.717, 1.165) is 10.9 Å². The molecule has 3 N–H and O–H groups in total. The smallest absolute Gasteiger partial charge is 0.329 e. The topological polar surface area (TPSA) is 90.4 Å². The molecule has 0 unspecified atom stereocenters. The van der Waals surface area contributed by atoms with Gasteiger partial charge in [-0.1, -0.05) is 18.2 Å². The maximum absolute atomic E-state index is 10.8. The number of pyridine rings is 1. The molecule has 0 aliphatic carbocycles. The van der Waals surface area contributed by atoms with Crippen LogP contribution in [0.25, 0.3) is 10.9 Å². The van der Waals surface area contributed by atoms with E-state index in [9.17, 15) is 4.79 Å². The maximum atomic E-state index is 10.8. The van der Waals surface area contributed by atoms with Crippen LogP contribution in [0, 0.1) is 0 Å². The highest BCUT2D eigenvalue weighted by molar-refractivity contribution is 5.77. The molecule has 0 spiro atoms. The molecule has 1 heterocycles. The van der Waals surface area contributed by atoms with Gasteiger partial charge in [0.1, 0.15) is 6.61 Å². The van der Waals surface area contributed by atoms with Crippen LogP contribution in [0.1, 0.15) is 0 Å². The largest absolute Gasteiger partial charge is 0.480 e. The van der Waals surface area contributed by atoms with Gasteiger partial charge >= 0.3 is 5.97 Å². The lowest BCUT2D eigenvalue weighted by Gasteiger charge is -1.93. The van der Waals surface area contributed by atoms with Crippen molar-refractivity contribution >= 4 is 16.9 Å². The average molecular weight is 221 g/mol. The second-order valence-corrected chi connectivity index (χ2v) is 2.96. The zero-order chi connectivity index (χ0) is 12.0. The van der Waals surface area contributed by atoms with E-state index < -0.39 is 12.6 Å². The quantitative estimate of drug-likeness (QED) is 0.657. The molecule has 0 amide bonds. The van der Waals surface area contributed by atoms with Gasteiger partial charge < -0.3 is 15.2 Å². The van der Waals surface area contributed by atoms with Gasteiger partial charge in [0.15, 0.2) is 0 Å². The summed E-state index contributed by atoms with van der Waals surface area (Å²) in [7, 11) is 0. The Bertz CT molecular complexity index is 532. The highest BCUT2D eigenvalue weighted by Gasteiger charge is 1.89. The second kappa shape index (κ2) is 5.67. The van der Waals surface area contributed by atoms with Crippen LogP contribution in [0.5, 0.6) is 0 Å². The standard InChI is InChI=1S/C9H7NO.C2H4O3/c11-9-6-5-7-3-1-2-4-8(7)10-9;3-1-2(4)5/h1-6H,(H,10,11);3H,1H2,(H,4,5). The molecule has 2 aromatic rings. The van der Waals surface area contributed by atoms with Crippen LogP contribution in [0.15, 0.2) is 41.2 Å². The van der Waals surface area contributed by atoms with E-state index in [1.807, 2.05) is 30.3 Å². The van der Waals surface area contributed by atoms with Gasteiger partial charge in [0.2, 0.25) is 5.56 Å². The van der Waals surface area contributed by atoms with Crippen molar-refractivity contribution in [1.29, 1.82) is 0 Å². The van der Waals surface area contributed by atoms with Crippen molar-refractivity contribution in [1.82, 2.24) is 4.98 Å². The summed E-state index contributed by atoms with van der Waals surface area (Å²) in [6.07, 6.45) is 0. The first-order chi connectivity index (χ1) is 7.63. The Labute approximate surface area is 91.0 Å². The Morgan fingerprint density at radius 1 is 1.19 bits per heavy atom. The first-order valence-corrected chi connectivity index (χ1v) is 4.54. The summed E-state index contributed by atoms with van der Waals surface area (Å²) in [5, 5.41) is 16.1. The number of aromatic amines is 1. The number of para-hydroxylation sites is 1. The molecule has 0 bridgehead atoms. The SMILES string of the molecule is O=C(O)CO.O=c1ccc2ccccc2[nH]1. The van der Waals surface area contributed by atoms with Gasteiger partial charge in [0.05, 0.1) is 0 Å². The van der Waals surface area contributed by atoms with E-state index in [2.05, 4.69) is 4.98 Å².